The predicted octanol–water partition coefficient (Wildman–Crippen LogP) is 5.04. The molecule has 0 aromatic heterocycles. The van der Waals surface area contributed by atoms with Gasteiger partial charge < -0.3 is 9.94 Å². The van der Waals surface area contributed by atoms with Crippen molar-refractivity contribution in [2.45, 2.75) is 13.8 Å². The largest absolute Gasteiger partial charge is 0.478 e. The van der Waals surface area contributed by atoms with Gasteiger partial charge in [0.05, 0.1) is 19.8 Å². The molecular formula is C20H27Br2ClN2O5. The first kappa shape index (κ1) is 30.7. The number of amides is 1. The van der Waals surface area contributed by atoms with Gasteiger partial charge in [-0.05, 0) is 61.4 Å². The zero-order valence-electron chi connectivity index (χ0n) is 17.7. The number of aryl methyl sites for hydroxylation is 2. The Morgan fingerprint density at radius 1 is 0.967 bits per heavy atom. The molecule has 0 aliphatic rings. The summed E-state index contributed by atoms with van der Waals surface area (Å²) in [7, 11) is 6.33. The number of hydrogen-bond donors (Lipinski definition) is 2. The standard InChI is InChI=1S/C10H12BrNO2.C8H7BrO2.C2H7NO.ClH/c1-7-6-8(11)4-5-9(7)10(13)12(2)14-3;1-5-4-6(9)2-3-7(5)8(10)11;1-3-4-2;/h4-6H,1-3H3;2-4H,1H3,(H,10,11);3H,1-2H3;1H. The highest BCUT2D eigenvalue weighted by atomic mass is 79.9. The topological polar surface area (TPSA) is 88.1 Å². The van der Waals surface area contributed by atoms with Crippen molar-refractivity contribution in [3.8, 4) is 0 Å². The Morgan fingerprint density at radius 3 is 1.67 bits per heavy atom. The van der Waals surface area contributed by atoms with E-state index in [0.29, 0.717) is 11.1 Å². The molecule has 0 spiro atoms. The molecule has 30 heavy (non-hydrogen) atoms. The molecule has 0 unspecified atom stereocenters. The molecule has 2 aromatic carbocycles. The summed E-state index contributed by atoms with van der Waals surface area (Å²) in [5.74, 6) is -1.02. The van der Waals surface area contributed by atoms with Crippen LogP contribution in [0.2, 0.25) is 0 Å². The Kier molecular flexibility index (Phi) is 16.6. The molecule has 0 saturated carbocycles. The lowest BCUT2D eigenvalue weighted by Gasteiger charge is -2.14. The molecule has 0 aliphatic heterocycles. The van der Waals surface area contributed by atoms with Crippen molar-refractivity contribution < 1.29 is 24.4 Å². The molecule has 1 amide bonds. The van der Waals surface area contributed by atoms with Crippen molar-refractivity contribution in [1.29, 1.82) is 0 Å². The monoisotopic (exact) mass is 568 g/mol. The van der Waals surface area contributed by atoms with Gasteiger partial charge in [0.25, 0.3) is 5.91 Å². The van der Waals surface area contributed by atoms with E-state index in [4.69, 9.17) is 9.94 Å². The lowest BCUT2D eigenvalue weighted by molar-refractivity contribution is -0.0757. The summed E-state index contributed by atoms with van der Waals surface area (Å²) in [4.78, 5) is 31.3. The summed E-state index contributed by atoms with van der Waals surface area (Å²) in [6.07, 6.45) is 0. The van der Waals surface area contributed by atoms with Crippen LogP contribution in [-0.2, 0) is 9.68 Å². The number of carboxylic acid groups (broad SMARTS) is 1. The minimum absolute atomic E-state index is 0. The van der Waals surface area contributed by atoms with Crippen molar-refractivity contribution in [2.24, 2.45) is 0 Å². The smallest absolute Gasteiger partial charge is 0.335 e. The third-order valence-corrected chi connectivity index (χ3v) is 4.59. The van der Waals surface area contributed by atoms with Crippen LogP contribution in [-0.4, -0.2) is 50.4 Å². The molecule has 0 saturated heterocycles. The zero-order valence-corrected chi connectivity index (χ0v) is 21.6. The summed E-state index contributed by atoms with van der Waals surface area (Å²) in [5, 5.41) is 9.85. The van der Waals surface area contributed by atoms with Gasteiger partial charge in [-0.3, -0.25) is 9.63 Å². The Labute approximate surface area is 200 Å². The first-order valence-electron chi connectivity index (χ1n) is 8.36. The molecule has 0 fully saturated rings. The van der Waals surface area contributed by atoms with E-state index in [2.05, 4.69) is 42.2 Å². The quantitative estimate of drug-likeness (QED) is 0.501. The van der Waals surface area contributed by atoms with E-state index in [-0.39, 0.29) is 18.3 Å². The second-order valence-electron chi connectivity index (χ2n) is 5.62. The Morgan fingerprint density at radius 2 is 1.37 bits per heavy atom. The molecule has 0 aliphatic carbocycles. The third kappa shape index (κ3) is 11.1. The van der Waals surface area contributed by atoms with E-state index < -0.39 is 5.97 Å². The molecule has 0 bridgehead atoms. The lowest BCUT2D eigenvalue weighted by atomic mass is 10.1. The number of carbonyl (C=O) groups is 2. The lowest BCUT2D eigenvalue weighted by Crippen LogP contribution is -2.25. The van der Waals surface area contributed by atoms with E-state index in [9.17, 15) is 9.59 Å². The van der Waals surface area contributed by atoms with Gasteiger partial charge in [0, 0.05) is 28.6 Å². The summed E-state index contributed by atoms with van der Waals surface area (Å²) >= 11 is 6.60. The molecule has 2 aromatic rings. The number of hydroxylamine groups is 3. The van der Waals surface area contributed by atoms with Crippen molar-refractivity contribution in [3.05, 3.63) is 67.6 Å². The molecular weight excluding hydrogens is 543 g/mol. The molecule has 0 radical (unpaired) electrons. The van der Waals surface area contributed by atoms with Crippen LogP contribution in [0.3, 0.4) is 0 Å². The average Bonchev–Trinajstić information content (AvgIpc) is 2.67. The number of nitrogens with one attached hydrogen (secondary N) is 1. The maximum atomic E-state index is 11.7. The maximum absolute atomic E-state index is 11.7. The second kappa shape index (κ2) is 16.2. The van der Waals surface area contributed by atoms with E-state index in [1.54, 1.807) is 52.4 Å². The van der Waals surface area contributed by atoms with E-state index in [1.807, 2.05) is 19.1 Å². The first-order chi connectivity index (χ1) is 13.6. The summed E-state index contributed by atoms with van der Waals surface area (Å²) in [6.45, 7) is 3.66. The highest BCUT2D eigenvalue weighted by Gasteiger charge is 2.13. The summed E-state index contributed by atoms with van der Waals surface area (Å²) < 4.78 is 1.87. The van der Waals surface area contributed by atoms with Crippen LogP contribution >= 0.6 is 44.3 Å². The molecule has 0 heterocycles. The van der Waals surface area contributed by atoms with Gasteiger partial charge in [-0.25, -0.2) is 15.3 Å². The van der Waals surface area contributed by atoms with Gasteiger partial charge in [-0.15, -0.1) is 12.4 Å². The normalized spacial score (nSPS) is 9.20. The average molecular weight is 571 g/mol. The number of aromatic carboxylic acids is 1. The number of carbonyl (C=O) groups excluding carboxylic acids is 1. The Hall–Kier alpha value is -1.49. The molecule has 2 rings (SSSR count). The number of carboxylic acids is 1. The van der Waals surface area contributed by atoms with Crippen LogP contribution in [0.1, 0.15) is 31.8 Å². The van der Waals surface area contributed by atoms with E-state index >= 15 is 0 Å². The summed E-state index contributed by atoms with van der Waals surface area (Å²) in [6, 6.07) is 10.6. The van der Waals surface area contributed by atoms with E-state index in [1.165, 1.54) is 12.2 Å². The number of nitrogens with zero attached hydrogens (tertiary/aromatic N) is 1. The fourth-order valence-corrected chi connectivity index (χ4v) is 2.94. The van der Waals surface area contributed by atoms with Crippen LogP contribution in [0.25, 0.3) is 0 Å². The zero-order chi connectivity index (χ0) is 22.6. The third-order valence-electron chi connectivity index (χ3n) is 3.60. The van der Waals surface area contributed by atoms with Gasteiger partial charge in [0.1, 0.15) is 0 Å². The number of rotatable bonds is 4. The molecule has 2 N–H and O–H groups in total. The molecule has 10 heteroatoms. The Balaban J connectivity index is 0. The minimum atomic E-state index is -0.880. The predicted molar refractivity (Wildman–Crippen MR) is 127 cm³/mol. The second-order valence-corrected chi connectivity index (χ2v) is 7.45. The number of hydrogen-bond acceptors (Lipinski definition) is 5. The van der Waals surface area contributed by atoms with Crippen LogP contribution in [0.15, 0.2) is 45.3 Å². The fourth-order valence-electron chi connectivity index (χ4n) is 1.99. The highest BCUT2D eigenvalue weighted by Crippen LogP contribution is 2.17. The molecule has 0 atom stereocenters. The van der Waals surface area contributed by atoms with Crippen LogP contribution in [0.5, 0.6) is 0 Å². The summed E-state index contributed by atoms with van der Waals surface area (Å²) in [5.41, 5.74) is 5.13. The molecule has 168 valence electrons. The van der Waals surface area contributed by atoms with Gasteiger partial charge in [-0.2, -0.15) is 0 Å². The Bertz CT molecular complexity index is 820. The van der Waals surface area contributed by atoms with Gasteiger partial charge in [0.15, 0.2) is 0 Å². The van der Waals surface area contributed by atoms with Crippen molar-refractivity contribution in [2.75, 3.05) is 28.3 Å². The minimum Gasteiger partial charge on any atom is -0.478 e. The van der Waals surface area contributed by atoms with Gasteiger partial charge in [-0.1, -0.05) is 31.9 Å². The van der Waals surface area contributed by atoms with Crippen molar-refractivity contribution in [3.63, 3.8) is 0 Å². The van der Waals surface area contributed by atoms with Crippen LogP contribution in [0, 0.1) is 13.8 Å². The molecule has 7 nitrogen and oxygen atoms in total. The first-order valence-corrected chi connectivity index (χ1v) is 9.95. The van der Waals surface area contributed by atoms with Crippen molar-refractivity contribution >= 4 is 56.1 Å². The van der Waals surface area contributed by atoms with Gasteiger partial charge >= 0.3 is 5.97 Å². The highest BCUT2D eigenvalue weighted by molar-refractivity contribution is 9.10. The fraction of sp³-hybridized carbons (Fsp3) is 0.300. The maximum Gasteiger partial charge on any atom is 0.335 e. The van der Waals surface area contributed by atoms with Crippen LogP contribution in [0.4, 0.5) is 0 Å². The van der Waals surface area contributed by atoms with Crippen molar-refractivity contribution in [1.82, 2.24) is 10.5 Å². The van der Waals surface area contributed by atoms with Crippen LogP contribution < -0.4 is 5.48 Å². The SMILES string of the molecule is CNOC.CON(C)C(=O)c1ccc(Br)cc1C.Cc1cc(Br)ccc1C(=O)O.Cl. The van der Waals surface area contributed by atoms with E-state index in [0.717, 1.165) is 20.1 Å². The number of benzene rings is 2. The number of halogens is 3. The van der Waals surface area contributed by atoms with Gasteiger partial charge in [0.2, 0.25) is 0 Å².